The van der Waals surface area contributed by atoms with Crippen LogP contribution in [0.15, 0.2) is 4.99 Å². The average Bonchev–Trinajstić information content (AvgIpc) is 3.36. The Balaban J connectivity index is 0.00000312. The van der Waals surface area contributed by atoms with Crippen molar-refractivity contribution < 1.29 is 9.47 Å². The molecule has 0 aromatic rings. The Bertz CT molecular complexity index is 391. The Labute approximate surface area is 170 Å². The molecule has 1 aliphatic heterocycles. The molecule has 0 aromatic carbocycles. The summed E-state index contributed by atoms with van der Waals surface area (Å²) in [7, 11) is 3.89. The lowest BCUT2D eigenvalue weighted by molar-refractivity contribution is -0.0286. The molecule has 2 fully saturated rings. The van der Waals surface area contributed by atoms with Gasteiger partial charge in [-0.3, -0.25) is 9.89 Å². The molecular formula is C18H37IN4O2. The first-order valence-corrected chi connectivity index (χ1v) is 9.42. The van der Waals surface area contributed by atoms with Gasteiger partial charge in [0.1, 0.15) is 0 Å². The van der Waals surface area contributed by atoms with Crippen LogP contribution in [0.4, 0.5) is 0 Å². The first kappa shape index (κ1) is 22.9. The minimum Gasteiger partial charge on any atom is -0.379 e. The summed E-state index contributed by atoms with van der Waals surface area (Å²) in [5, 5.41) is 3.44. The molecule has 1 unspecified atom stereocenters. The van der Waals surface area contributed by atoms with Crippen LogP contribution in [-0.4, -0.2) is 88.5 Å². The molecule has 1 saturated carbocycles. The highest BCUT2D eigenvalue weighted by molar-refractivity contribution is 14.0. The molecule has 1 saturated heterocycles. The maximum Gasteiger partial charge on any atom is 0.193 e. The van der Waals surface area contributed by atoms with E-state index in [1.165, 1.54) is 12.8 Å². The molecule has 25 heavy (non-hydrogen) atoms. The van der Waals surface area contributed by atoms with Crippen molar-refractivity contribution in [3.05, 3.63) is 0 Å². The summed E-state index contributed by atoms with van der Waals surface area (Å²) < 4.78 is 11.6. The molecule has 2 rings (SSSR count). The number of hydrogen-bond donors (Lipinski definition) is 1. The summed E-state index contributed by atoms with van der Waals surface area (Å²) >= 11 is 0. The van der Waals surface area contributed by atoms with Gasteiger partial charge in [-0.2, -0.15) is 0 Å². The third-order valence-corrected chi connectivity index (χ3v) is 4.53. The largest absolute Gasteiger partial charge is 0.379 e. The van der Waals surface area contributed by atoms with Crippen LogP contribution in [0.25, 0.3) is 0 Å². The van der Waals surface area contributed by atoms with E-state index < -0.39 is 0 Å². The molecular weight excluding hydrogens is 431 g/mol. The second-order valence-corrected chi connectivity index (χ2v) is 7.51. The molecule has 2 aliphatic rings. The summed E-state index contributed by atoms with van der Waals surface area (Å²) in [6, 6.07) is 0. The van der Waals surface area contributed by atoms with Gasteiger partial charge in [0, 0.05) is 53.4 Å². The zero-order valence-electron chi connectivity index (χ0n) is 16.4. The number of rotatable bonds is 9. The lowest BCUT2D eigenvalue weighted by Crippen LogP contribution is -2.50. The highest BCUT2D eigenvalue weighted by Gasteiger charge is 2.22. The van der Waals surface area contributed by atoms with Crippen molar-refractivity contribution in [2.24, 2.45) is 16.8 Å². The minimum absolute atomic E-state index is 0. The number of halogens is 1. The standard InChI is InChI=1S/C18H36N4O2.HI/c1-15(2)12-22-8-10-24-17(13-22)11-20-18(19-3)21(4)7-9-23-14-16-5-6-16;/h15-17H,5-14H2,1-4H3,(H,19,20);1H. The van der Waals surface area contributed by atoms with E-state index in [1.807, 2.05) is 7.05 Å². The Morgan fingerprint density at radius 3 is 2.80 bits per heavy atom. The Morgan fingerprint density at radius 2 is 2.16 bits per heavy atom. The van der Waals surface area contributed by atoms with E-state index in [0.717, 1.165) is 64.4 Å². The third kappa shape index (κ3) is 9.40. The number of nitrogens with zero attached hydrogens (tertiary/aromatic N) is 3. The van der Waals surface area contributed by atoms with E-state index in [0.29, 0.717) is 5.92 Å². The molecule has 0 amide bonds. The van der Waals surface area contributed by atoms with Crippen LogP contribution >= 0.6 is 24.0 Å². The van der Waals surface area contributed by atoms with Crippen molar-refractivity contribution in [1.82, 2.24) is 15.1 Å². The van der Waals surface area contributed by atoms with Crippen molar-refractivity contribution >= 4 is 29.9 Å². The molecule has 6 nitrogen and oxygen atoms in total. The normalized spacial score (nSPS) is 22.0. The lowest BCUT2D eigenvalue weighted by atomic mass is 10.2. The van der Waals surface area contributed by atoms with Gasteiger partial charge in [0.2, 0.25) is 0 Å². The monoisotopic (exact) mass is 468 g/mol. The topological polar surface area (TPSA) is 49.3 Å². The summed E-state index contributed by atoms with van der Waals surface area (Å²) in [4.78, 5) is 9.00. The fourth-order valence-electron chi connectivity index (χ4n) is 3.02. The predicted molar refractivity (Wildman–Crippen MR) is 114 cm³/mol. The fourth-order valence-corrected chi connectivity index (χ4v) is 3.02. The number of nitrogens with one attached hydrogen (secondary N) is 1. The van der Waals surface area contributed by atoms with Crippen LogP contribution in [0, 0.1) is 11.8 Å². The van der Waals surface area contributed by atoms with Gasteiger partial charge in [-0.25, -0.2) is 0 Å². The average molecular weight is 468 g/mol. The quantitative estimate of drug-likeness (QED) is 0.243. The zero-order chi connectivity index (χ0) is 17.4. The van der Waals surface area contributed by atoms with Crippen molar-refractivity contribution in [3.8, 4) is 0 Å². The van der Waals surface area contributed by atoms with Gasteiger partial charge in [-0.15, -0.1) is 24.0 Å². The maximum atomic E-state index is 5.89. The smallest absolute Gasteiger partial charge is 0.193 e. The molecule has 7 heteroatoms. The van der Waals surface area contributed by atoms with Gasteiger partial charge in [0.25, 0.3) is 0 Å². The van der Waals surface area contributed by atoms with Crippen molar-refractivity contribution in [3.63, 3.8) is 0 Å². The number of likely N-dealkylation sites (N-methyl/N-ethyl adjacent to an activating group) is 1. The van der Waals surface area contributed by atoms with E-state index in [9.17, 15) is 0 Å². The van der Waals surface area contributed by atoms with Gasteiger partial charge in [0.05, 0.1) is 19.3 Å². The Morgan fingerprint density at radius 1 is 1.40 bits per heavy atom. The Hall–Kier alpha value is -0.120. The van der Waals surface area contributed by atoms with E-state index in [2.05, 4.69) is 41.0 Å². The SMILES string of the molecule is CN=C(NCC1CN(CC(C)C)CCO1)N(C)CCOCC1CC1.I. The highest BCUT2D eigenvalue weighted by Crippen LogP contribution is 2.28. The van der Waals surface area contributed by atoms with Crippen LogP contribution in [-0.2, 0) is 9.47 Å². The number of ether oxygens (including phenoxy) is 2. The molecule has 0 radical (unpaired) electrons. The van der Waals surface area contributed by atoms with Gasteiger partial charge < -0.3 is 19.7 Å². The number of morpholine rings is 1. The maximum absolute atomic E-state index is 5.89. The van der Waals surface area contributed by atoms with E-state index in [1.54, 1.807) is 0 Å². The molecule has 148 valence electrons. The van der Waals surface area contributed by atoms with Gasteiger partial charge in [-0.1, -0.05) is 13.8 Å². The van der Waals surface area contributed by atoms with E-state index >= 15 is 0 Å². The summed E-state index contributed by atoms with van der Waals surface area (Å²) in [6.45, 7) is 11.9. The fraction of sp³-hybridized carbons (Fsp3) is 0.944. The minimum atomic E-state index is 0. The predicted octanol–water partition coefficient (Wildman–Crippen LogP) is 1.89. The zero-order valence-corrected chi connectivity index (χ0v) is 18.7. The van der Waals surface area contributed by atoms with E-state index in [-0.39, 0.29) is 30.1 Å². The highest BCUT2D eigenvalue weighted by atomic mass is 127. The van der Waals surface area contributed by atoms with Crippen molar-refractivity contribution in [2.75, 3.05) is 66.6 Å². The lowest BCUT2D eigenvalue weighted by Gasteiger charge is -2.34. The molecule has 1 aliphatic carbocycles. The molecule has 0 aromatic heterocycles. The molecule has 0 spiro atoms. The molecule has 1 N–H and O–H groups in total. The summed E-state index contributed by atoms with van der Waals surface area (Å²) in [5.41, 5.74) is 0. The summed E-state index contributed by atoms with van der Waals surface area (Å²) in [6.07, 6.45) is 2.91. The Kier molecular flexibility index (Phi) is 11.3. The van der Waals surface area contributed by atoms with Gasteiger partial charge in [0.15, 0.2) is 5.96 Å². The van der Waals surface area contributed by atoms with E-state index in [4.69, 9.17) is 9.47 Å². The number of hydrogen-bond acceptors (Lipinski definition) is 4. The van der Waals surface area contributed by atoms with Crippen LogP contribution < -0.4 is 5.32 Å². The molecule has 0 bridgehead atoms. The van der Waals surface area contributed by atoms with Gasteiger partial charge >= 0.3 is 0 Å². The van der Waals surface area contributed by atoms with Crippen LogP contribution in [0.3, 0.4) is 0 Å². The van der Waals surface area contributed by atoms with Crippen LogP contribution in [0.1, 0.15) is 26.7 Å². The first-order chi connectivity index (χ1) is 11.6. The van der Waals surface area contributed by atoms with Crippen LogP contribution in [0.2, 0.25) is 0 Å². The van der Waals surface area contributed by atoms with Crippen molar-refractivity contribution in [1.29, 1.82) is 0 Å². The molecule has 1 atom stereocenters. The molecule has 1 heterocycles. The third-order valence-electron chi connectivity index (χ3n) is 4.53. The second kappa shape index (κ2) is 12.3. The number of aliphatic imine (C=N–C) groups is 1. The van der Waals surface area contributed by atoms with Gasteiger partial charge in [-0.05, 0) is 24.7 Å². The second-order valence-electron chi connectivity index (χ2n) is 7.51. The summed E-state index contributed by atoms with van der Waals surface area (Å²) in [5.74, 6) is 2.44. The van der Waals surface area contributed by atoms with Crippen LogP contribution in [0.5, 0.6) is 0 Å². The first-order valence-electron chi connectivity index (χ1n) is 9.42. The number of guanidine groups is 1. The van der Waals surface area contributed by atoms with Crippen molar-refractivity contribution in [2.45, 2.75) is 32.8 Å².